The molecule has 0 bridgehead atoms. The molecule has 1 aromatic carbocycles. The van der Waals surface area contributed by atoms with Crippen molar-refractivity contribution >= 4 is 28.7 Å². The molecule has 0 unspecified atom stereocenters. The van der Waals surface area contributed by atoms with Crippen LogP contribution < -0.4 is 5.32 Å². The topological polar surface area (TPSA) is 77.4 Å². The Balaban J connectivity index is 2.12. The molecule has 3 heterocycles. The molecule has 2 aromatic rings. The van der Waals surface area contributed by atoms with E-state index in [1.54, 1.807) is 11.5 Å². The van der Waals surface area contributed by atoms with Crippen LogP contribution in [0.1, 0.15) is 35.8 Å². The normalized spacial score (nSPS) is 22.7. The summed E-state index contributed by atoms with van der Waals surface area (Å²) in [6.07, 6.45) is 0.875. The van der Waals surface area contributed by atoms with Gasteiger partial charge in [-0.2, -0.15) is 0 Å². The fourth-order valence-corrected chi connectivity index (χ4v) is 4.01. The maximum Gasteiger partial charge on any atom is 0.327 e. The number of fused-ring (bicyclic) bond motifs is 3. The second kappa shape index (κ2) is 5.19. The Labute approximate surface area is 138 Å². The largest absolute Gasteiger partial charge is 0.465 e. The first-order chi connectivity index (χ1) is 11.6. The maximum atomic E-state index is 12.9. The third-order valence-corrected chi connectivity index (χ3v) is 5.02. The quantitative estimate of drug-likeness (QED) is 0.671. The van der Waals surface area contributed by atoms with E-state index < -0.39 is 11.4 Å². The fraction of sp³-hybridized carbons (Fsp3) is 0.389. The number of amides is 1. The van der Waals surface area contributed by atoms with E-state index in [0.717, 1.165) is 16.5 Å². The molecule has 6 nitrogen and oxygen atoms in total. The first-order valence-electron chi connectivity index (χ1n) is 8.22. The van der Waals surface area contributed by atoms with Crippen LogP contribution in [0.3, 0.4) is 0 Å². The highest BCUT2D eigenvalue weighted by Gasteiger charge is 2.56. The number of para-hydroxylation sites is 1. The first kappa shape index (κ1) is 14.9. The zero-order chi connectivity index (χ0) is 16.9. The number of esters is 1. The molecule has 0 spiro atoms. The van der Waals surface area contributed by atoms with Crippen molar-refractivity contribution in [2.75, 3.05) is 13.2 Å². The molecule has 1 amide bonds. The summed E-state index contributed by atoms with van der Waals surface area (Å²) >= 11 is 0. The zero-order valence-corrected chi connectivity index (χ0v) is 13.4. The van der Waals surface area contributed by atoms with Crippen molar-refractivity contribution in [1.82, 2.24) is 9.88 Å². The van der Waals surface area contributed by atoms with Gasteiger partial charge in [-0.15, -0.1) is 0 Å². The monoisotopic (exact) mass is 326 g/mol. The van der Waals surface area contributed by atoms with E-state index in [1.165, 1.54) is 0 Å². The van der Waals surface area contributed by atoms with Crippen LogP contribution in [0.25, 0.3) is 10.9 Å². The van der Waals surface area contributed by atoms with Gasteiger partial charge in [-0.1, -0.05) is 18.2 Å². The Hall–Kier alpha value is -2.63. The zero-order valence-electron chi connectivity index (χ0n) is 13.4. The molecule has 0 saturated heterocycles. The number of benzene rings is 1. The minimum Gasteiger partial charge on any atom is -0.465 e. The molecule has 124 valence electrons. The number of nitrogens with zero attached hydrogens (tertiary/aromatic N) is 1. The van der Waals surface area contributed by atoms with Crippen LogP contribution in [0.2, 0.25) is 0 Å². The van der Waals surface area contributed by atoms with Gasteiger partial charge in [0.1, 0.15) is 0 Å². The van der Waals surface area contributed by atoms with Gasteiger partial charge < -0.3 is 10.1 Å². The number of carbonyl (C=O) groups is 3. The van der Waals surface area contributed by atoms with Gasteiger partial charge in [-0.05, 0) is 31.4 Å². The summed E-state index contributed by atoms with van der Waals surface area (Å²) in [5.41, 5.74) is 0.725. The molecule has 2 aliphatic rings. The van der Waals surface area contributed by atoms with Crippen molar-refractivity contribution in [2.45, 2.75) is 31.6 Å². The van der Waals surface area contributed by atoms with E-state index in [4.69, 9.17) is 4.74 Å². The smallest absolute Gasteiger partial charge is 0.327 e. The van der Waals surface area contributed by atoms with Crippen molar-refractivity contribution in [3.8, 4) is 0 Å². The summed E-state index contributed by atoms with van der Waals surface area (Å²) in [5.74, 6) is -1.01. The van der Waals surface area contributed by atoms with Crippen LogP contribution in [0.5, 0.6) is 0 Å². The number of hydrogen-bond donors (Lipinski definition) is 1. The number of nitrogens with one attached hydrogen (secondary N) is 1. The summed E-state index contributed by atoms with van der Waals surface area (Å²) in [5, 5.41) is 3.76. The summed E-state index contributed by atoms with van der Waals surface area (Å²) < 4.78 is 6.82. The lowest BCUT2D eigenvalue weighted by Crippen LogP contribution is -2.54. The molecular formula is C18H18N2O4. The van der Waals surface area contributed by atoms with Crippen LogP contribution in [0.15, 0.2) is 24.3 Å². The van der Waals surface area contributed by atoms with E-state index in [2.05, 4.69) is 5.32 Å². The van der Waals surface area contributed by atoms with Crippen LogP contribution >= 0.6 is 0 Å². The van der Waals surface area contributed by atoms with E-state index >= 15 is 0 Å². The Morgan fingerprint density at radius 2 is 2.08 bits per heavy atom. The summed E-state index contributed by atoms with van der Waals surface area (Å²) in [6, 6.07) is 7.57. The Morgan fingerprint density at radius 3 is 2.88 bits per heavy atom. The summed E-state index contributed by atoms with van der Waals surface area (Å²) in [4.78, 5) is 38.3. The van der Waals surface area contributed by atoms with Crippen molar-refractivity contribution in [2.24, 2.45) is 0 Å². The lowest BCUT2D eigenvalue weighted by Gasteiger charge is -2.33. The van der Waals surface area contributed by atoms with Gasteiger partial charge in [0.15, 0.2) is 5.41 Å². The van der Waals surface area contributed by atoms with Crippen molar-refractivity contribution in [1.29, 1.82) is 0 Å². The summed E-state index contributed by atoms with van der Waals surface area (Å²) in [7, 11) is 0. The number of carbonyl (C=O) groups excluding carboxylic acids is 3. The van der Waals surface area contributed by atoms with E-state index in [9.17, 15) is 14.4 Å². The minimum atomic E-state index is -1.44. The van der Waals surface area contributed by atoms with Crippen molar-refractivity contribution in [3.63, 3.8) is 0 Å². The molecule has 4 rings (SSSR count). The molecular weight excluding hydrogens is 308 g/mol. The third-order valence-electron chi connectivity index (χ3n) is 5.02. The second-order valence-electron chi connectivity index (χ2n) is 6.21. The van der Waals surface area contributed by atoms with Gasteiger partial charge in [-0.25, -0.2) is 0 Å². The molecule has 1 aromatic heterocycles. The van der Waals surface area contributed by atoms with Crippen molar-refractivity contribution < 1.29 is 19.1 Å². The molecule has 6 heteroatoms. The maximum absolute atomic E-state index is 12.9. The van der Waals surface area contributed by atoms with Crippen LogP contribution in [-0.2, 0) is 26.2 Å². The van der Waals surface area contributed by atoms with Crippen LogP contribution in [0, 0.1) is 0 Å². The van der Waals surface area contributed by atoms with Gasteiger partial charge in [0, 0.05) is 18.4 Å². The molecule has 0 fully saturated rings. The Kier molecular flexibility index (Phi) is 3.23. The lowest BCUT2D eigenvalue weighted by atomic mass is 9.75. The fourth-order valence-electron chi connectivity index (χ4n) is 4.01. The molecule has 0 saturated carbocycles. The van der Waals surface area contributed by atoms with Gasteiger partial charge >= 0.3 is 5.97 Å². The predicted molar refractivity (Wildman–Crippen MR) is 86.8 cm³/mol. The standard InChI is InChI=1S/C18H18N2O4/c1-2-24-17(23)18-9-7-14(21)20-13-6-4-3-5-11(13)12(15(18)20)8-10-19-16(18)22/h3-6H,2,7-10H2,1H3,(H,19,22)/t18-/m0/s1. The molecule has 0 radical (unpaired) electrons. The molecule has 1 N–H and O–H groups in total. The van der Waals surface area contributed by atoms with Crippen molar-refractivity contribution in [3.05, 3.63) is 35.5 Å². The van der Waals surface area contributed by atoms with Gasteiger partial charge in [0.05, 0.1) is 17.8 Å². The number of aromatic nitrogens is 1. The third kappa shape index (κ3) is 1.74. The lowest BCUT2D eigenvalue weighted by molar-refractivity contribution is -0.155. The summed E-state index contributed by atoms with van der Waals surface area (Å²) in [6.45, 7) is 2.35. The molecule has 1 atom stereocenters. The first-order valence-corrected chi connectivity index (χ1v) is 8.22. The highest BCUT2D eigenvalue weighted by Crippen LogP contribution is 2.43. The van der Waals surface area contributed by atoms with E-state index in [0.29, 0.717) is 18.7 Å². The molecule has 0 aliphatic carbocycles. The number of rotatable bonds is 2. The van der Waals surface area contributed by atoms with Gasteiger partial charge in [0.2, 0.25) is 11.8 Å². The number of ether oxygens (including phenoxy) is 1. The van der Waals surface area contributed by atoms with Crippen LogP contribution in [0.4, 0.5) is 0 Å². The average Bonchev–Trinajstić information content (AvgIpc) is 2.83. The van der Waals surface area contributed by atoms with Crippen LogP contribution in [-0.4, -0.2) is 35.5 Å². The van der Waals surface area contributed by atoms with E-state index in [-0.39, 0.29) is 31.3 Å². The predicted octanol–water partition coefficient (Wildman–Crippen LogP) is 1.55. The Bertz CT molecular complexity index is 883. The minimum absolute atomic E-state index is 0.0814. The second-order valence-corrected chi connectivity index (χ2v) is 6.21. The Morgan fingerprint density at radius 1 is 1.29 bits per heavy atom. The number of hydrogen-bond acceptors (Lipinski definition) is 4. The van der Waals surface area contributed by atoms with Gasteiger partial charge in [0.25, 0.3) is 0 Å². The highest BCUT2D eigenvalue weighted by atomic mass is 16.5. The van der Waals surface area contributed by atoms with Gasteiger partial charge in [-0.3, -0.25) is 19.0 Å². The molecule has 24 heavy (non-hydrogen) atoms. The average molecular weight is 326 g/mol. The molecule has 2 aliphatic heterocycles. The highest BCUT2D eigenvalue weighted by molar-refractivity contribution is 6.13. The van der Waals surface area contributed by atoms with E-state index in [1.807, 2.05) is 24.3 Å². The SMILES string of the molecule is CCOC(=O)[C@@]12CCC(=O)n3c1c(c1ccccc13)CCNC2=O.